The largest absolute Gasteiger partial charge is 0.388 e. The molecule has 0 aliphatic heterocycles. The van der Waals surface area contributed by atoms with Crippen molar-refractivity contribution in [2.45, 2.75) is 51.6 Å². The summed E-state index contributed by atoms with van der Waals surface area (Å²) in [5, 5.41) is 9.34. The summed E-state index contributed by atoms with van der Waals surface area (Å²) < 4.78 is 0.706. The van der Waals surface area contributed by atoms with Gasteiger partial charge in [0.25, 0.3) is 0 Å². The van der Waals surface area contributed by atoms with Crippen molar-refractivity contribution in [2.24, 2.45) is 0 Å². The zero-order chi connectivity index (χ0) is 9.40. The Labute approximate surface area is 84.0 Å². The summed E-state index contributed by atoms with van der Waals surface area (Å²) in [6.07, 6.45) is 6.69. The van der Waals surface area contributed by atoms with Gasteiger partial charge < -0.3 is 5.11 Å². The van der Waals surface area contributed by atoms with Gasteiger partial charge in [-0.2, -0.15) is 0 Å². The predicted octanol–water partition coefficient (Wildman–Crippen LogP) is 3.62. The van der Waals surface area contributed by atoms with E-state index in [-0.39, 0.29) is 6.10 Å². The van der Waals surface area contributed by atoms with Crippen LogP contribution in [0.5, 0.6) is 0 Å². The van der Waals surface area contributed by atoms with Gasteiger partial charge in [-0.1, -0.05) is 61.5 Å². The van der Waals surface area contributed by atoms with Crippen molar-refractivity contribution in [1.29, 1.82) is 0 Å². The Bertz CT molecular complexity index is 123. The van der Waals surface area contributed by atoms with Crippen LogP contribution in [0.1, 0.15) is 45.4 Å². The highest BCUT2D eigenvalue weighted by atomic mass is 79.9. The number of hydrogen-bond donors (Lipinski definition) is 1. The first-order chi connectivity index (χ1) is 5.68. The van der Waals surface area contributed by atoms with E-state index >= 15 is 0 Å². The normalized spacial score (nSPS) is 12.9. The Balaban J connectivity index is 3.14. The fraction of sp³-hybridized carbons (Fsp3) is 0.800. The molecular formula is C10H19BrO. The van der Waals surface area contributed by atoms with Crippen molar-refractivity contribution in [3.63, 3.8) is 0 Å². The summed E-state index contributed by atoms with van der Waals surface area (Å²) in [6.45, 7) is 5.84. The quantitative estimate of drug-likeness (QED) is 0.668. The number of aliphatic hydroxyl groups is 1. The Hall–Kier alpha value is 0.180. The minimum absolute atomic E-state index is 0.355. The number of aliphatic hydroxyl groups excluding tert-OH is 1. The standard InChI is InChI=1S/C10H19BrO/c1-3-4-5-6-7-8-10(12)9(2)11/h10,12H,2-8H2,1H3. The molecule has 0 spiro atoms. The van der Waals surface area contributed by atoms with Gasteiger partial charge in [0.2, 0.25) is 0 Å². The Morgan fingerprint density at radius 3 is 2.42 bits per heavy atom. The van der Waals surface area contributed by atoms with Crippen LogP contribution in [-0.2, 0) is 0 Å². The minimum atomic E-state index is -0.355. The van der Waals surface area contributed by atoms with E-state index < -0.39 is 0 Å². The maximum atomic E-state index is 9.34. The van der Waals surface area contributed by atoms with Gasteiger partial charge in [-0.25, -0.2) is 0 Å². The first kappa shape index (κ1) is 12.2. The van der Waals surface area contributed by atoms with Crippen molar-refractivity contribution in [2.75, 3.05) is 0 Å². The fourth-order valence-corrected chi connectivity index (χ4v) is 1.33. The lowest BCUT2D eigenvalue weighted by molar-refractivity contribution is 0.205. The number of halogens is 1. The molecule has 0 aliphatic carbocycles. The smallest absolute Gasteiger partial charge is 0.0848 e. The third kappa shape index (κ3) is 6.86. The molecule has 0 bridgehead atoms. The molecule has 0 saturated heterocycles. The van der Waals surface area contributed by atoms with Crippen LogP contribution < -0.4 is 0 Å². The van der Waals surface area contributed by atoms with Crippen LogP contribution in [0.3, 0.4) is 0 Å². The predicted molar refractivity (Wildman–Crippen MR) is 57.4 cm³/mol. The minimum Gasteiger partial charge on any atom is -0.388 e. The van der Waals surface area contributed by atoms with Crippen molar-refractivity contribution in [1.82, 2.24) is 0 Å². The van der Waals surface area contributed by atoms with Crippen molar-refractivity contribution in [3.8, 4) is 0 Å². The zero-order valence-electron chi connectivity index (χ0n) is 7.85. The highest BCUT2D eigenvalue weighted by molar-refractivity contribution is 9.11. The summed E-state index contributed by atoms with van der Waals surface area (Å²) in [5.74, 6) is 0. The highest BCUT2D eigenvalue weighted by Crippen LogP contribution is 2.15. The SMILES string of the molecule is C=C(Br)C(O)CCCCCCC. The van der Waals surface area contributed by atoms with Gasteiger partial charge >= 0.3 is 0 Å². The van der Waals surface area contributed by atoms with E-state index in [0.29, 0.717) is 4.48 Å². The summed E-state index contributed by atoms with van der Waals surface area (Å²) in [5.41, 5.74) is 0. The molecule has 1 atom stereocenters. The maximum Gasteiger partial charge on any atom is 0.0848 e. The molecule has 0 heterocycles. The molecule has 0 saturated carbocycles. The van der Waals surface area contributed by atoms with E-state index in [1.54, 1.807) is 0 Å². The van der Waals surface area contributed by atoms with Crippen LogP contribution in [0.4, 0.5) is 0 Å². The molecule has 0 fully saturated rings. The number of hydrogen-bond acceptors (Lipinski definition) is 1. The topological polar surface area (TPSA) is 20.2 Å². The molecule has 0 aromatic carbocycles. The maximum absolute atomic E-state index is 9.34. The first-order valence-electron chi connectivity index (χ1n) is 4.70. The van der Waals surface area contributed by atoms with Gasteiger partial charge in [0.15, 0.2) is 0 Å². The second kappa shape index (κ2) is 7.81. The fourth-order valence-electron chi connectivity index (χ4n) is 1.10. The second-order valence-corrected chi connectivity index (χ2v) is 4.18. The molecular weight excluding hydrogens is 216 g/mol. The average molecular weight is 235 g/mol. The Kier molecular flexibility index (Phi) is 7.93. The third-order valence-electron chi connectivity index (χ3n) is 1.94. The third-order valence-corrected chi connectivity index (χ3v) is 2.47. The van der Waals surface area contributed by atoms with Crippen molar-refractivity contribution in [3.05, 3.63) is 11.1 Å². The molecule has 0 rings (SSSR count). The van der Waals surface area contributed by atoms with E-state index in [1.165, 1.54) is 25.7 Å². The lowest BCUT2D eigenvalue weighted by Gasteiger charge is -2.07. The van der Waals surface area contributed by atoms with E-state index in [1.807, 2.05) is 0 Å². The molecule has 0 amide bonds. The summed E-state index contributed by atoms with van der Waals surface area (Å²) in [6, 6.07) is 0. The van der Waals surface area contributed by atoms with Crippen LogP contribution >= 0.6 is 15.9 Å². The van der Waals surface area contributed by atoms with Crippen LogP contribution in [0.15, 0.2) is 11.1 Å². The van der Waals surface area contributed by atoms with Gasteiger partial charge in [0.05, 0.1) is 6.10 Å². The summed E-state index contributed by atoms with van der Waals surface area (Å²) >= 11 is 3.18. The van der Waals surface area contributed by atoms with Crippen LogP contribution in [0.2, 0.25) is 0 Å². The molecule has 0 radical (unpaired) electrons. The molecule has 0 aliphatic rings. The van der Waals surface area contributed by atoms with E-state index in [9.17, 15) is 5.11 Å². The molecule has 2 heteroatoms. The number of unbranched alkanes of at least 4 members (excludes halogenated alkanes) is 4. The summed E-state index contributed by atoms with van der Waals surface area (Å²) in [7, 11) is 0. The second-order valence-electron chi connectivity index (χ2n) is 3.17. The lowest BCUT2D eigenvalue weighted by atomic mass is 10.1. The van der Waals surface area contributed by atoms with Gasteiger partial charge in [0.1, 0.15) is 0 Å². The Morgan fingerprint density at radius 1 is 1.33 bits per heavy atom. The Morgan fingerprint density at radius 2 is 1.92 bits per heavy atom. The molecule has 1 N–H and O–H groups in total. The molecule has 1 nitrogen and oxygen atoms in total. The lowest BCUT2D eigenvalue weighted by Crippen LogP contribution is -2.04. The van der Waals surface area contributed by atoms with Gasteiger partial charge in [-0.15, -0.1) is 0 Å². The van der Waals surface area contributed by atoms with Crippen LogP contribution in [-0.4, -0.2) is 11.2 Å². The van der Waals surface area contributed by atoms with E-state index in [0.717, 1.165) is 12.8 Å². The molecule has 1 unspecified atom stereocenters. The van der Waals surface area contributed by atoms with E-state index in [4.69, 9.17) is 0 Å². The van der Waals surface area contributed by atoms with Crippen molar-refractivity contribution < 1.29 is 5.11 Å². The zero-order valence-corrected chi connectivity index (χ0v) is 9.44. The number of rotatable bonds is 7. The summed E-state index contributed by atoms with van der Waals surface area (Å²) in [4.78, 5) is 0. The molecule has 12 heavy (non-hydrogen) atoms. The monoisotopic (exact) mass is 234 g/mol. The van der Waals surface area contributed by atoms with E-state index in [2.05, 4.69) is 29.4 Å². The van der Waals surface area contributed by atoms with Crippen LogP contribution in [0, 0.1) is 0 Å². The van der Waals surface area contributed by atoms with Gasteiger partial charge in [0, 0.05) is 4.48 Å². The molecule has 0 aromatic heterocycles. The molecule has 0 aromatic rings. The van der Waals surface area contributed by atoms with Gasteiger partial charge in [-0.05, 0) is 6.42 Å². The van der Waals surface area contributed by atoms with Crippen LogP contribution in [0.25, 0.3) is 0 Å². The van der Waals surface area contributed by atoms with Crippen molar-refractivity contribution >= 4 is 15.9 Å². The average Bonchev–Trinajstić information content (AvgIpc) is 2.03. The highest BCUT2D eigenvalue weighted by Gasteiger charge is 2.04. The first-order valence-corrected chi connectivity index (χ1v) is 5.50. The van der Waals surface area contributed by atoms with Gasteiger partial charge in [-0.3, -0.25) is 0 Å². The molecule has 72 valence electrons.